The largest absolute Gasteiger partial charge is 0.481 e. The Labute approximate surface area is 107 Å². The van der Waals surface area contributed by atoms with Gasteiger partial charge in [-0.2, -0.15) is 0 Å². The van der Waals surface area contributed by atoms with Crippen molar-refractivity contribution < 1.29 is 9.90 Å². The van der Waals surface area contributed by atoms with Crippen LogP contribution < -0.4 is 5.32 Å². The summed E-state index contributed by atoms with van der Waals surface area (Å²) in [5, 5.41) is 11.9. The van der Waals surface area contributed by atoms with Crippen molar-refractivity contribution in [3.63, 3.8) is 0 Å². The van der Waals surface area contributed by atoms with Gasteiger partial charge in [0.15, 0.2) is 0 Å². The molecule has 0 bridgehead atoms. The molecule has 0 saturated carbocycles. The third-order valence-corrected chi connectivity index (χ3v) is 3.24. The predicted molar refractivity (Wildman–Crippen MR) is 72.7 cm³/mol. The van der Waals surface area contributed by atoms with Crippen LogP contribution in [0.1, 0.15) is 20.3 Å². The molecule has 17 heavy (non-hydrogen) atoms. The maximum absolute atomic E-state index is 10.5. The van der Waals surface area contributed by atoms with Gasteiger partial charge in [-0.15, -0.1) is 11.8 Å². The molecule has 0 fully saturated rings. The van der Waals surface area contributed by atoms with Crippen molar-refractivity contribution in [1.29, 1.82) is 0 Å². The van der Waals surface area contributed by atoms with E-state index in [1.165, 1.54) is 4.90 Å². The summed E-state index contributed by atoms with van der Waals surface area (Å²) in [4.78, 5) is 11.8. The number of aliphatic carboxylic acids is 1. The van der Waals surface area contributed by atoms with Gasteiger partial charge in [0.1, 0.15) is 0 Å². The van der Waals surface area contributed by atoms with Crippen LogP contribution in [0.3, 0.4) is 0 Å². The van der Waals surface area contributed by atoms with Crippen LogP contribution in [0.5, 0.6) is 0 Å². The van der Waals surface area contributed by atoms with Gasteiger partial charge in [-0.1, -0.05) is 13.8 Å². The van der Waals surface area contributed by atoms with Crippen molar-refractivity contribution in [3.8, 4) is 0 Å². The van der Waals surface area contributed by atoms with E-state index in [4.69, 9.17) is 5.11 Å². The molecule has 3 nitrogen and oxygen atoms in total. The van der Waals surface area contributed by atoms with E-state index in [-0.39, 0.29) is 12.3 Å². The van der Waals surface area contributed by atoms with Gasteiger partial charge in [-0.05, 0) is 35.9 Å². The molecule has 0 aliphatic rings. The molecule has 0 spiro atoms. The molecule has 1 aromatic carbocycles. The Morgan fingerprint density at radius 1 is 1.41 bits per heavy atom. The molecule has 0 radical (unpaired) electrons. The van der Waals surface area contributed by atoms with E-state index in [2.05, 4.69) is 24.4 Å². The summed E-state index contributed by atoms with van der Waals surface area (Å²) in [5.41, 5.74) is 1.04. The Kier molecular flexibility index (Phi) is 5.91. The molecule has 2 N–H and O–H groups in total. The van der Waals surface area contributed by atoms with Crippen molar-refractivity contribution in [1.82, 2.24) is 0 Å². The monoisotopic (exact) mass is 253 g/mol. The number of carboxylic acid groups (broad SMARTS) is 1. The Morgan fingerprint density at radius 2 is 2.06 bits per heavy atom. The van der Waals surface area contributed by atoms with Gasteiger partial charge in [0, 0.05) is 23.5 Å². The number of anilines is 1. The van der Waals surface area contributed by atoms with Gasteiger partial charge in [0.05, 0.1) is 0 Å². The fourth-order valence-corrected chi connectivity index (χ4v) is 2.16. The molecule has 0 aromatic heterocycles. The van der Waals surface area contributed by atoms with Gasteiger partial charge in [0.2, 0.25) is 0 Å². The van der Waals surface area contributed by atoms with Crippen LogP contribution in [0.25, 0.3) is 0 Å². The van der Waals surface area contributed by atoms with Gasteiger partial charge < -0.3 is 10.4 Å². The fraction of sp³-hybridized carbons (Fsp3) is 0.462. The number of benzene rings is 1. The summed E-state index contributed by atoms with van der Waals surface area (Å²) in [6.07, 6.45) is 0.205. The second-order valence-electron chi connectivity index (χ2n) is 4.04. The highest BCUT2D eigenvalue weighted by Crippen LogP contribution is 2.20. The van der Waals surface area contributed by atoms with Gasteiger partial charge in [-0.3, -0.25) is 4.79 Å². The number of hydrogen-bond acceptors (Lipinski definition) is 3. The molecule has 0 aliphatic carbocycles. The quantitative estimate of drug-likeness (QED) is 0.732. The Bertz CT molecular complexity index is 351. The van der Waals surface area contributed by atoms with Crippen LogP contribution in [0.15, 0.2) is 29.2 Å². The van der Waals surface area contributed by atoms with Crippen molar-refractivity contribution in [2.24, 2.45) is 5.92 Å². The van der Waals surface area contributed by atoms with E-state index in [1.807, 2.05) is 30.8 Å². The van der Waals surface area contributed by atoms with E-state index >= 15 is 0 Å². The molecule has 1 rings (SSSR count). The molecule has 1 atom stereocenters. The minimum absolute atomic E-state index is 0.136. The number of thioether (sulfide) groups is 1. The Morgan fingerprint density at radius 3 is 2.59 bits per heavy atom. The van der Waals surface area contributed by atoms with Crippen molar-refractivity contribution >= 4 is 23.4 Å². The lowest BCUT2D eigenvalue weighted by Gasteiger charge is -2.11. The van der Waals surface area contributed by atoms with Crippen LogP contribution in [-0.2, 0) is 4.79 Å². The zero-order valence-corrected chi connectivity index (χ0v) is 11.1. The molecule has 0 heterocycles. The summed E-state index contributed by atoms with van der Waals surface area (Å²) < 4.78 is 0. The second kappa shape index (κ2) is 7.22. The first kappa shape index (κ1) is 13.9. The van der Waals surface area contributed by atoms with Crippen molar-refractivity contribution in [2.45, 2.75) is 25.2 Å². The van der Waals surface area contributed by atoms with E-state index < -0.39 is 5.97 Å². The predicted octanol–water partition coefficient (Wildman–Crippen LogP) is 3.32. The summed E-state index contributed by atoms with van der Waals surface area (Å²) in [6.45, 7) is 4.75. The lowest BCUT2D eigenvalue weighted by Crippen LogP contribution is -2.14. The molecular weight excluding hydrogens is 234 g/mol. The van der Waals surface area contributed by atoms with E-state index in [9.17, 15) is 4.79 Å². The lowest BCUT2D eigenvalue weighted by atomic mass is 10.1. The third kappa shape index (κ3) is 5.63. The minimum atomic E-state index is -0.742. The highest BCUT2D eigenvalue weighted by molar-refractivity contribution is 7.99. The second-order valence-corrected chi connectivity index (χ2v) is 5.38. The number of rotatable bonds is 7. The molecular formula is C13H19NO2S. The highest BCUT2D eigenvalue weighted by Gasteiger charge is 2.06. The number of carbonyl (C=O) groups is 1. The number of carboxylic acids is 1. The Balaban J connectivity index is 2.38. The summed E-state index contributed by atoms with van der Waals surface area (Å²) in [6, 6.07) is 8.23. The molecule has 4 heteroatoms. The van der Waals surface area contributed by atoms with Crippen LogP contribution >= 0.6 is 11.8 Å². The smallest absolute Gasteiger partial charge is 0.303 e. The van der Waals surface area contributed by atoms with Crippen LogP contribution in [0.2, 0.25) is 0 Å². The SMILES string of the molecule is CCSc1ccc(NCC(C)CC(=O)O)cc1. The lowest BCUT2D eigenvalue weighted by molar-refractivity contribution is -0.137. The number of nitrogens with one attached hydrogen (secondary N) is 1. The summed E-state index contributed by atoms with van der Waals surface area (Å²) in [7, 11) is 0. The van der Waals surface area contributed by atoms with Crippen molar-refractivity contribution in [2.75, 3.05) is 17.6 Å². The summed E-state index contributed by atoms with van der Waals surface area (Å²) >= 11 is 1.81. The van der Waals surface area contributed by atoms with Crippen LogP contribution in [-0.4, -0.2) is 23.4 Å². The Hall–Kier alpha value is -1.16. The van der Waals surface area contributed by atoms with E-state index in [1.54, 1.807) is 0 Å². The first-order chi connectivity index (χ1) is 8.11. The summed E-state index contributed by atoms with van der Waals surface area (Å²) in [5.74, 6) is 0.466. The first-order valence-electron chi connectivity index (χ1n) is 5.80. The van der Waals surface area contributed by atoms with Crippen LogP contribution in [0.4, 0.5) is 5.69 Å². The maximum Gasteiger partial charge on any atom is 0.303 e. The average Bonchev–Trinajstić information content (AvgIpc) is 2.28. The molecule has 0 amide bonds. The zero-order valence-electron chi connectivity index (χ0n) is 10.3. The zero-order chi connectivity index (χ0) is 12.7. The molecule has 0 saturated heterocycles. The molecule has 0 aliphatic heterocycles. The topological polar surface area (TPSA) is 49.3 Å². The molecule has 1 aromatic rings. The normalized spacial score (nSPS) is 12.1. The van der Waals surface area contributed by atoms with Gasteiger partial charge >= 0.3 is 5.97 Å². The maximum atomic E-state index is 10.5. The van der Waals surface area contributed by atoms with Crippen LogP contribution in [0, 0.1) is 5.92 Å². The standard InChI is InChI=1S/C13H19NO2S/c1-3-17-12-6-4-11(5-7-12)14-9-10(2)8-13(15)16/h4-7,10,14H,3,8-9H2,1-2H3,(H,15,16). The molecule has 1 unspecified atom stereocenters. The highest BCUT2D eigenvalue weighted by atomic mass is 32.2. The minimum Gasteiger partial charge on any atom is -0.481 e. The average molecular weight is 253 g/mol. The van der Waals surface area contributed by atoms with E-state index in [0.29, 0.717) is 6.54 Å². The van der Waals surface area contributed by atoms with Gasteiger partial charge in [-0.25, -0.2) is 0 Å². The number of hydrogen-bond donors (Lipinski definition) is 2. The van der Waals surface area contributed by atoms with E-state index in [0.717, 1.165) is 11.4 Å². The molecule has 94 valence electrons. The first-order valence-corrected chi connectivity index (χ1v) is 6.79. The fourth-order valence-electron chi connectivity index (χ4n) is 1.50. The third-order valence-electron chi connectivity index (χ3n) is 2.34. The van der Waals surface area contributed by atoms with Gasteiger partial charge in [0.25, 0.3) is 0 Å². The van der Waals surface area contributed by atoms with Crippen molar-refractivity contribution in [3.05, 3.63) is 24.3 Å².